The molecule has 2 heteroatoms. The predicted molar refractivity (Wildman–Crippen MR) is 42.1 cm³/mol. The lowest BCUT2D eigenvalue weighted by atomic mass is 10.1. The summed E-state index contributed by atoms with van der Waals surface area (Å²) in [5, 5.41) is 3.36. The largest absolute Gasteiger partial charge is 0.383 e. The van der Waals surface area contributed by atoms with Crippen LogP contribution in [-0.4, -0.2) is 26.8 Å². The SMILES string of the molecule is COCCNCC1(C)CC1. The topological polar surface area (TPSA) is 21.3 Å². The van der Waals surface area contributed by atoms with Gasteiger partial charge in [-0.15, -0.1) is 0 Å². The fourth-order valence-corrected chi connectivity index (χ4v) is 0.955. The lowest BCUT2D eigenvalue weighted by Crippen LogP contribution is -2.25. The van der Waals surface area contributed by atoms with E-state index in [9.17, 15) is 0 Å². The van der Waals surface area contributed by atoms with Gasteiger partial charge in [0, 0.05) is 20.2 Å². The van der Waals surface area contributed by atoms with E-state index in [1.807, 2.05) is 0 Å². The first-order valence-electron chi connectivity index (χ1n) is 3.96. The fraction of sp³-hybridized carbons (Fsp3) is 1.00. The fourth-order valence-electron chi connectivity index (χ4n) is 0.955. The molecule has 1 fully saturated rings. The first-order chi connectivity index (χ1) is 4.77. The van der Waals surface area contributed by atoms with Crippen LogP contribution in [0.15, 0.2) is 0 Å². The van der Waals surface area contributed by atoms with Crippen molar-refractivity contribution in [2.24, 2.45) is 5.41 Å². The van der Waals surface area contributed by atoms with Crippen molar-refractivity contribution in [1.29, 1.82) is 0 Å². The Morgan fingerprint density at radius 1 is 1.50 bits per heavy atom. The van der Waals surface area contributed by atoms with E-state index in [2.05, 4.69) is 12.2 Å². The lowest BCUT2D eigenvalue weighted by molar-refractivity contribution is 0.197. The maximum Gasteiger partial charge on any atom is 0.0587 e. The minimum atomic E-state index is 0.633. The highest BCUT2D eigenvalue weighted by Gasteiger charge is 2.36. The molecule has 1 aliphatic rings. The third-order valence-corrected chi connectivity index (χ3v) is 2.14. The lowest BCUT2D eigenvalue weighted by Gasteiger charge is -2.08. The van der Waals surface area contributed by atoms with Crippen LogP contribution in [0.4, 0.5) is 0 Å². The van der Waals surface area contributed by atoms with Crippen LogP contribution in [0.5, 0.6) is 0 Å². The van der Waals surface area contributed by atoms with Gasteiger partial charge in [0.1, 0.15) is 0 Å². The molecule has 1 N–H and O–H groups in total. The van der Waals surface area contributed by atoms with Gasteiger partial charge in [-0.2, -0.15) is 0 Å². The molecule has 10 heavy (non-hydrogen) atoms. The molecule has 1 rings (SSSR count). The van der Waals surface area contributed by atoms with Gasteiger partial charge in [-0.25, -0.2) is 0 Å². The minimum absolute atomic E-state index is 0.633. The second kappa shape index (κ2) is 3.35. The van der Waals surface area contributed by atoms with Crippen molar-refractivity contribution in [3.8, 4) is 0 Å². The Labute approximate surface area is 63.0 Å². The van der Waals surface area contributed by atoms with Gasteiger partial charge in [-0.1, -0.05) is 6.92 Å². The van der Waals surface area contributed by atoms with Gasteiger partial charge in [-0.3, -0.25) is 0 Å². The molecule has 0 aromatic rings. The van der Waals surface area contributed by atoms with Gasteiger partial charge in [-0.05, 0) is 18.3 Å². The van der Waals surface area contributed by atoms with Crippen molar-refractivity contribution in [2.45, 2.75) is 19.8 Å². The van der Waals surface area contributed by atoms with Crippen molar-refractivity contribution in [3.05, 3.63) is 0 Å². The van der Waals surface area contributed by atoms with Crippen LogP contribution < -0.4 is 5.32 Å². The van der Waals surface area contributed by atoms with Crippen molar-refractivity contribution in [2.75, 3.05) is 26.8 Å². The second-order valence-corrected chi connectivity index (χ2v) is 3.48. The van der Waals surface area contributed by atoms with Crippen molar-refractivity contribution < 1.29 is 4.74 Å². The normalized spacial score (nSPS) is 21.0. The summed E-state index contributed by atoms with van der Waals surface area (Å²) < 4.78 is 4.91. The molecule has 60 valence electrons. The Kier molecular flexibility index (Phi) is 2.69. The highest BCUT2D eigenvalue weighted by molar-refractivity contribution is 4.90. The summed E-state index contributed by atoms with van der Waals surface area (Å²) in [7, 11) is 1.74. The molecule has 0 saturated heterocycles. The standard InChI is InChI=1S/C8H17NO/c1-8(3-4-8)7-9-5-6-10-2/h9H,3-7H2,1-2H3. The molecule has 0 aliphatic heterocycles. The highest BCUT2D eigenvalue weighted by Crippen LogP contribution is 2.43. The Balaban J connectivity index is 1.86. The zero-order valence-electron chi connectivity index (χ0n) is 6.94. The number of methoxy groups -OCH3 is 1. The molecule has 1 aliphatic carbocycles. The summed E-state index contributed by atoms with van der Waals surface area (Å²) in [4.78, 5) is 0. The molecule has 0 amide bonds. The van der Waals surface area contributed by atoms with Crippen molar-refractivity contribution in [1.82, 2.24) is 5.32 Å². The number of rotatable bonds is 5. The van der Waals surface area contributed by atoms with E-state index in [0.717, 1.165) is 19.7 Å². The minimum Gasteiger partial charge on any atom is -0.383 e. The summed E-state index contributed by atoms with van der Waals surface area (Å²) in [6, 6.07) is 0. The van der Waals surface area contributed by atoms with Gasteiger partial charge < -0.3 is 10.1 Å². The summed E-state index contributed by atoms with van der Waals surface area (Å²) in [6.07, 6.45) is 2.79. The van der Waals surface area contributed by atoms with Crippen molar-refractivity contribution >= 4 is 0 Å². The molecule has 0 radical (unpaired) electrons. The Morgan fingerprint density at radius 2 is 2.20 bits per heavy atom. The van der Waals surface area contributed by atoms with Crippen molar-refractivity contribution in [3.63, 3.8) is 0 Å². The summed E-state index contributed by atoms with van der Waals surface area (Å²) >= 11 is 0. The molecule has 0 unspecified atom stereocenters. The molecule has 0 atom stereocenters. The average Bonchev–Trinajstić information content (AvgIpc) is 2.62. The molecule has 1 saturated carbocycles. The zero-order chi connectivity index (χ0) is 7.45. The third kappa shape index (κ3) is 2.67. The van der Waals surface area contributed by atoms with Gasteiger partial charge in [0.25, 0.3) is 0 Å². The van der Waals surface area contributed by atoms with Gasteiger partial charge >= 0.3 is 0 Å². The maximum atomic E-state index is 4.91. The summed E-state index contributed by atoms with van der Waals surface area (Å²) in [5.74, 6) is 0. The highest BCUT2D eigenvalue weighted by atomic mass is 16.5. The van der Waals surface area contributed by atoms with Crippen LogP contribution >= 0.6 is 0 Å². The smallest absolute Gasteiger partial charge is 0.0587 e. The monoisotopic (exact) mass is 143 g/mol. The zero-order valence-corrected chi connectivity index (χ0v) is 6.94. The molecule has 0 heterocycles. The quantitative estimate of drug-likeness (QED) is 0.580. The molecule has 0 spiro atoms. The van der Waals surface area contributed by atoms with Crippen LogP contribution in [0.25, 0.3) is 0 Å². The summed E-state index contributed by atoms with van der Waals surface area (Å²) in [5.41, 5.74) is 0.633. The first-order valence-corrected chi connectivity index (χ1v) is 3.96. The second-order valence-electron chi connectivity index (χ2n) is 3.48. The summed E-state index contributed by atoms with van der Waals surface area (Å²) in [6.45, 7) is 5.31. The van der Waals surface area contributed by atoms with Crippen LogP contribution in [-0.2, 0) is 4.74 Å². The number of hydrogen-bond donors (Lipinski definition) is 1. The number of ether oxygens (including phenoxy) is 1. The number of hydrogen-bond acceptors (Lipinski definition) is 2. The van der Waals surface area contributed by atoms with E-state index in [0.29, 0.717) is 5.41 Å². The van der Waals surface area contributed by atoms with E-state index in [-0.39, 0.29) is 0 Å². The molecular weight excluding hydrogens is 126 g/mol. The van der Waals surface area contributed by atoms with Gasteiger partial charge in [0.2, 0.25) is 0 Å². The van der Waals surface area contributed by atoms with Gasteiger partial charge in [0.05, 0.1) is 6.61 Å². The number of nitrogens with one attached hydrogen (secondary N) is 1. The molecular formula is C8H17NO. The Hall–Kier alpha value is -0.0800. The van der Waals surface area contributed by atoms with Crippen LogP contribution in [0.2, 0.25) is 0 Å². The first kappa shape index (κ1) is 8.02. The Bertz CT molecular complexity index is 99.4. The Morgan fingerprint density at radius 3 is 2.70 bits per heavy atom. The van der Waals surface area contributed by atoms with E-state index >= 15 is 0 Å². The van der Waals surface area contributed by atoms with Crippen LogP contribution in [0.1, 0.15) is 19.8 Å². The van der Waals surface area contributed by atoms with Gasteiger partial charge in [0.15, 0.2) is 0 Å². The van der Waals surface area contributed by atoms with E-state index < -0.39 is 0 Å². The average molecular weight is 143 g/mol. The van der Waals surface area contributed by atoms with E-state index in [1.54, 1.807) is 7.11 Å². The maximum absolute atomic E-state index is 4.91. The molecule has 0 aromatic carbocycles. The molecule has 0 bridgehead atoms. The van der Waals surface area contributed by atoms with E-state index in [1.165, 1.54) is 12.8 Å². The van der Waals surface area contributed by atoms with Crippen LogP contribution in [0, 0.1) is 5.41 Å². The van der Waals surface area contributed by atoms with Crippen LogP contribution in [0.3, 0.4) is 0 Å². The van der Waals surface area contributed by atoms with E-state index in [4.69, 9.17) is 4.74 Å². The molecule has 2 nitrogen and oxygen atoms in total. The molecule has 0 aromatic heterocycles. The third-order valence-electron chi connectivity index (χ3n) is 2.14. The predicted octanol–water partition coefficient (Wildman–Crippen LogP) is 1.02.